The quantitative estimate of drug-likeness (QED) is 0.822. The van der Waals surface area contributed by atoms with Crippen molar-refractivity contribution in [2.24, 2.45) is 11.7 Å². The van der Waals surface area contributed by atoms with Gasteiger partial charge in [0.2, 0.25) is 5.91 Å². The van der Waals surface area contributed by atoms with Gasteiger partial charge in [-0.1, -0.05) is 19.9 Å². The first-order valence-corrected chi connectivity index (χ1v) is 7.04. The lowest BCUT2D eigenvalue weighted by Gasteiger charge is -2.28. The van der Waals surface area contributed by atoms with Crippen molar-refractivity contribution in [3.63, 3.8) is 0 Å². The molecule has 0 aromatic carbocycles. The Morgan fingerprint density at radius 1 is 1.50 bits per heavy atom. The van der Waals surface area contributed by atoms with Gasteiger partial charge in [-0.3, -0.25) is 4.79 Å². The summed E-state index contributed by atoms with van der Waals surface area (Å²) in [5.41, 5.74) is 5.91. The van der Waals surface area contributed by atoms with E-state index in [1.165, 1.54) is 11.3 Å². The summed E-state index contributed by atoms with van der Waals surface area (Å²) in [7, 11) is 4.05. The van der Waals surface area contributed by atoms with Gasteiger partial charge in [-0.2, -0.15) is 0 Å². The Bertz CT molecular complexity index is 354. The zero-order valence-electron chi connectivity index (χ0n) is 11.5. The summed E-state index contributed by atoms with van der Waals surface area (Å²) in [5, 5.41) is 4.86. The summed E-state index contributed by atoms with van der Waals surface area (Å²) in [6, 6.07) is 3.56. The zero-order chi connectivity index (χ0) is 13.7. The fourth-order valence-corrected chi connectivity index (χ4v) is 2.65. The van der Waals surface area contributed by atoms with E-state index in [1.807, 2.05) is 31.6 Å². The van der Waals surface area contributed by atoms with E-state index in [-0.39, 0.29) is 5.91 Å². The third-order valence-electron chi connectivity index (χ3n) is 3.05. The molecule has 5 heteroatoms. The number of nitrogens with zero attached hydrogens (tertiary/aromatic N) is 1. The molecule has 102 valence electrons. The topological polar surface area (TPSA) is 58.4 Å². The van der Waals surface area contributed by atoms with E-state index in [1.54, 1.807) is 0 Å². The highest BCUT2D eigenvalue weighted by atomic mass is 32.1. The Kier molecular flexibility index (Phi) is 5.78. The van der Waals surface area contributed by atoms with E-state index in [2.05, 4.69) is 24.1 Å². The lowest BCUT2D eigenvalue weighted by atomic mass is 10.0. The fourth-order valence-electron chi connectivity index (χ4n) is 1.93. The average molecular weight is 269 g/mol. The van der Waals surface area contributed by atoms with Crippen LogP contribution in [0.25, 0.3) is 0 Å². The average Bonchev–Trinajstić information content (AvgIpc) is 2.80. The maximum absolute atomic E-state index is 11.9. The molecule has 0 aliphatic carbocycles. The number of likely N-dealkylation sites (N-methyl/N-ethyl adjacent to an activating group) is 1. The number of hydrogen-bond donors (Lipinski definition) is 2. The molecular formula is C13H23N3OS. The normalized spacial score (nSPS) is 14.8. The minimum absolute atomic E-state index is 0.107. The minimum Gasteiger partial charge on any atom is -0.353 e. The molecule has 2 unspecified atom stereocenters. The van der Waals surface area contributed by atoms with Gasteiger partial charge in [0, 0.05) is 17.5 Å². The molecule has 1 aromatic rings. The molecule has 0 aliphatic heterocycles. The van der Waals surface area contributed by atoms with Crippen molar-refractivity contribution in [2.75, 3.05) is 20.6 Å². The Morgan fingerprint density at radius 2 is 2.17 bits per heavy atom. The molecule has 1 aromatic heterocycles. The molecule has 1 amide bonds. The first-order chi connectivity index (χ1) is 8.43. The largest absolute Gasteiger partial charge is 0.353 e. The van der Waals surface area contributed by atoms with Gasteiger partial charge in [0.25, 0.3) is 0 Å². The van der Waals surface area contributed by atoms with Crippen molar-refractivity contribution in [3.05, 3.63) is 22.4 Å². The van der Waals surface area contributed by atoms with Crippen molar-refractivity contribution in [1.29, 1.82) is 0 Å². The molecule has 1 heterocycles. The standard InChI is InChI=1S/C13H23N3OS/c1-9(2)10(16(3)4)8-15-13(17)12(14)11-6-5-7-18-11/h5-7,9-10,12H,8,14H2,1-4H3,(H,15,17). The van der Waals surface area contributed by atoms with Crippen molar-refractivity contribution in [3.8, 4) is 0 Å². The van der Waals surface area contributed by atoms with Crippen LogP contribution in [-0.4, -0.2) is 37.5 Å². The summed E-state index contributed by atoms with van der Waals surface area (Å²) in [5.74, 6) is 0.378. The van der Waals surface area contributed by atoms with Gasteiger partial charge in [0.1, 0.15) is 6.04 Å². The van der Waals surface area contributed by atoms with E-state index in [0.717, 1.165) is 4.88 Å². The van der Waals surface area contributed by atoms with Gasteiger partial charge < -0.3 is 16.0 Å². The predicted molar refractivity (Wildman–Crippen MR) is 76.6 cm³/mol. The lowest BCUT2D eigenvalue weighted by Crippen LogP contribution is -2.45. The van der Waals surface area contributed by atoms with Crippen LogP contribution >= 0.6 is 11.3 Å². The van der Waals surface area contributed by atoms with Gasteiger partial charge in [-0.25, -0.2) is 0 Å². The molecule has 4 nitrogen and oxygen atoms in total. The van der Waals surface area contributed by atoms with E-state index < -0.39 is 6.04 Å². The van der Waals surface area contributed by atoms with Crippen molar-refractivity contribution in [2.45, 2.75) is 25.9 Å². The second-order valence-electron chi connectivity index (χ2n) is 5.01. The van der Waals surface area contributed by atoms with Crippen LogP contribution in [0, 0.1) is 5.92 Å². The number of thiophene rings is 1. The summed E-state index contributed by atoms with van der Waals surface area (Å²) < 4.78 is 0. The van der Waals surface area contributed by atoms with Crippen molar-refractivity contribution >= 4 is 17.2 Å². The van der Waals surface area contributed by atoms with Crippen LogP contribution in [0.1, 0.15) is 24.8 Å². The van der Waals surface area contributed by atoms with E-state index in [9.17, 15) is 4.79 Å². The van der Waals surface area contributed by atoms with Crippen LogP contribution in [0.4, 0.5) is 0 Å². The number of nitrogens with one attached hydrogen (secondary N) is 1. The highest BCUT2D eigenvalue weighted by Crippen LogP contribution is 2.16. The van der Waals surface area contributed by atoms with Crippen molar-refractivity contribution in [1.82, 2.24) is 10.2 Å². The zero-order valence-corrected chi connectivity index (χ0v) is 12.3. The number of carbonyl (C=O) groups excluding carboxylic acids is 1. The SMILES string of the molecule is CC(C)C(CNC(=O)C(N)c1cccs1)N(C)C. The molecule has 0 bridgehead atoms. The van der Waals surface area contributed by atoms with Crippen LogP contribution in [0.3, 0.4) is 0 Å². The third-order valence-corrected chi connectivity index (χ3v) is 4.01. The number of rotatable bonds is 6. The van der Waals surface area contributed by atoms with E-state index in [0.29, 0.717) is 18.5 Å². The monoisotopic (exact) mass is 269 g/mol. The third kappa shape index (κ3) is 4.08. The molecule has 0 radical (unpaired) electrons. The summed E-state index contributed by atoms with van der Waals surface area (Å²) in [6.45, 7) is 4.93. The Labute approximate surface area is 113 Å². The van der Waals surface area contributed by atoms with Gasteiger partial charge in [0.15, 0.2) is 0 Å². The molecule has 0 saturated heterocycles. The molecule has 2 atom stereocenters. The van der Waals surface area contributed by atoms with Crippen LogP contribution in [0.5, 0.6) is 0 Å². The van der Waals surface area contributed by atoms with Crippen LogP contribution in [0.2, 0.25) is 0 Å². The van der Waals surface area contributed by atoms with Gasteiger partial charge in [-0.05, 0) is 31.5 Å². The van der Waals surface area contributed by atoms with Crippen molar-refractivity contribution < 1.29 is 4.79 Å². The second-order valence-corrected chi connectivity index (χ2v) is 5.99. The molecular weight excluding hydrogens is 246 g/mol. The first-order valence-electron chi connectivity index (χ1n) is 6.16. The number of nitrogens with two attached hydrogens (primary N) is 1. The summed E-state index contributed by atoms with van der Waals surface area (Å²) in [6.07, 6.45) is 0. The summed E-state index contributed by atoms with van der Waals surface area (Å²) >= 11 is 1.51. The van der Waals surface area contributed by atoms with Crippen LogP contribution in [-0.2, 0) is 4.79 Å². The van der Waals surface area contributed by atoms with E-state index >= 15 is 0 Å². The van der Waals surface area contributed by atoms with Gasteiger partial charge in [-0.15, -0.1) is 11.3 Å². The maximum atomic E-state index is 11.9. The second kappa shape index (κ2) is 6.87. The minimum atomic E-state index is -0.556. The molecule has 0 saturated carbocycles. The Balaban J connectivity index is 2.50. The Hall–Kier alpha value is -0.910. The highest BCUT2D eigenvalue weighted by molar-refractivity contribution is 7.10. The lowest BCUT2D eigenvalue weighted by molar-refractivity contribution is -0.122. The molecule has 1 rings (SSSR count). The maximum Gasteiger partial charge on any atom is 0.242 e. The van der Waals surface area contributed by atoms with Crippen LogP contribution in [0.15, 0.2) is 17.5 Å². The van der Waals surface area contributed by atoms with E-state index in [4.69, 9.17) is 5.73 Å². The molecule has 0 aliphatic rings. The molecule has 0 fully saturated rings. The number of amides is 1. The Morgan fingerprint density at radius 3 is 2.61 bits per heavy atom. The molecule has 18 heavy (non-hydrogen) atoms. The van der Waals surface area contributed by atoms with Gasteiger partial charge in [0.05, 0.1) is 0 Å². The number of carbonyl (C=O) groups is 1. The fraction of sp³-hybridized carbons (Fsp3) is 0.615. The smallest absolute Gasteiger partial charge is 0.242 e. The van der Waals surface area contributed by atoms with Gasteiger partial charge >= 0.3 is 0 Å². The first kappa shape index (κ1) is 15.1. The predicted octanol–water partition coefficient (Wildman–Crippen LogP) is 1.45. The summed E-state index contributed by atoms with van der Waals surface area (Å²) in [4.78, 5) is 15.0. The number of hydrogen-bond acceptors (Lipinski definition) is 4. The van der Waals surface area contributed by atoms with Crippen LogP contribution < -0.4 is 11.1 Å². The highest BCUT2D eigenvalue weighted by Gasteiger charge is 2.20. The molecule has 3 N–H and O–H groups in total. The molecule has 0 spiro atoms.